The highest BCUT2D eigenvalue weighted by Gasteiger charge is 2.42. The van der Waals surface area contributed by atoms with Crippen molar-refractivity contribution in [3.63, 3.8) is 0 Å². The zero-order valence-electron chi connectivity index (χ0n) is 25.5. The molecule has 0 aliphatic carbocycles. The summed E-state index contributed by atoms with van der Waals surface area (Å²) in [6.07, 6.45) is 9.24. The lowest BCUT2D eigenvalue weighted by atomic mass is 9.66. The van der Waals surface area contributed by atoms with Crippen LogP contribution in [0.25, 0.3) is 5.57 Å². The summed E-state index contributed by atoms with van der Waals surface area (Å²) in [6.45, 7) is 15.6. The topological polar surface area (TPSA) is 66.4 Å². The third-order valence-electron chi connectivity index (χ3n) is 7.74. The molecule has 1 fully saturated rings. The number of aromatic nitrogens is 1. The normalized spacial score (nSPS) is 16.7. The number of nitrogens with zero attached hydrogens (tertiary/aromatic N) is 2. The number of hydrogen-bond acceptors (Lipinski definition) is 5. The summed E-state index contributed by atoms with van der Waals surface area (Å²) in [6, 6.07) is 8.89. The van der Waals surface area contributed by atoms with E-state index in [1.165, 1.54) is 6.07 Å². The smallest absolute Gasteiger partial charge is 0.239 e. The molecule has 0 unspecified atom stereocenters. The van der Waals surface area contributed by atoms with Gasteiger partial charge >= 0.3 is 0 Å². The summed E-state index contributed by atoms with van der Waals surface area (Å²) >= 11 is 0. The van der Waals surface area contributed by atoms with Gasteiger partial charge in [-0.2, -0.15) is 13.8 Å². The van der Waals surface area contributed by atoms with Crippen LogP contribution in [0.5, 0.6) is 0 Å². The number of allylic oxidation sites excluding steroid dienone is 5. The zero-order valence-corrected chi connectivity index (χ0v) is 25.5. The SMILES string of the molecule is CCC=NC(=C/C(=C/CC)c1ccc(C2(C(=O)C(C)C)CCNCC2)c(C)c1)/C(C)=C(\C)Nc1ccc(F)nc1F. The Kier molecular flexibility index (Phi) is 11.3. The van der Waals surface area contributed by atoms with E-state index in [0.717, 1.165) is 78.4 Å². The zero-order chi connectivity index (χ0) is 30.2. The van der Waals surface area contributed by atoms with Crippen molar-refractivity contribution in [1.29, 1.82) is 0 Å². The molecular formula is C34H44F2N4O. The summed E-state index contributed by atoms with van der Waals surface area (Å²) in [5.74, 6) is -1.48. The fourth-order valence-electron chi connectivity index (χ4n) is 5.49. The molecule has 5 nitrogen and oxygen atoms in total. The van der Waals surface area contributed by atoms with E-state index in [1.54, 1.807) is 0 Å². The number of anilines is 1. The number of hydrogen-bond donors (Lipinski definition) is 2. The van der Waals surface area contributed by atoms with Crippen molar-refractivity contribution in [2.75, 3.05) is 18.4 Å². The van der Waals surface area contributed by atoms with Crippen LogP contribution in [0.15, 0.2) is 64.4 Å². The summed E-state index contributed by atoms with van der Waals surface area (Å²) in [4.78, 5) is 21.5. The minimum atomic E-state index is -0.899. The number of carbonyl (C=O) groups is 1. The number of carbonyl (C=O) groups excluding carboxylic acids is 1. The average Bonchev–Trinajstić information content (AvgIpc) is 2.95. The largest absolute Gasteiger partial charge is 0.355 e. The standard InChI is InChI=1S/C34H44F2N4O/c1-8-10-26(21-30(38-17-9-2)24(6)25(7)39-29-13-14-31(35)40-33(29)36)27-11-12-28(23(5)20-27)34(32(41)22(3)4)15-18-37-19-16-34/h10-14,17,20-22,37,39H,8-9,15-16,18-19H2,1-7H3/b25-24+,26-10-,30-21+,38-17?. The molecule has 0 radical (unpaired) electrons. The number of benzene rings is 1. The predicted octanol–water partition coefficient (Wildman–Crippen LogP) is 8.08. The van der Waals surface area contributed by atoms with Gasteiger partial charge < -0.3 is 10.6 Å². The highest BCUT2D eigenvalue weighted by atomic mass is 19.1. The molecule has 0 atom stereocenters. The first kappa shape index (κ1) is 32.1. The summed E-state index contributed by atoms with van der Waals surface area (Å²) in [7, 11) is 0. The maximum absolute atomic E-state index is 14.2. The number of aryl methyl sites for hydroxylation is 1. The van der Waals surface area contributed by atoms with E-state index in [9.17, 15) is 13.6 Å². The molecule has 220 valence electrons. The summed E-state index contributed by atoms with van der Waals surface area (Å²) < 4.78 is 27.5. The van der Waals surface area contributed by atoms with Crippen molar-refractivity contribution in [3.05, 3.63) is 88.0 Å². The van der Waals surface area contributed by atoms with Crippen molar-refractivity contribution in [1.82, 2.24) is 10.3 Å². The number of ketones is 1. The second kappa shape index (κ2) is 14.4. The molecule has 2 N–H and O–H groups in total. The molecule has 1 aliphatic heterocycles. The first-order valence-corrected chi connectivity index (χ1v) is 14.6. The van der Waals surface area contributed by atoms with Gasteiger partial charge in [0, 0.05) is 17.8 Å². The number of Topliss-reactive ketones (excluding diaryl/α,β-unsaturated/α-hetero) is 1. The summed E-state index contributed by atoms with van der Waals surface area (Å²) in [5, 5.41) is 6.43. The Morgan fingerprint density at radius 2 is 1.83 bits per heavy atom. The van der Waals surface area contributed by atoms with E-state index in [0.29, 0.717) is 11.5 Å². The van der Waals surface area contributed by atoms with Gasteiger partial charge in [0.25, 0.3) is 0 Å². The number of aliphatic imine (C=N–C) groups is 1. The van der Waals surface area contributed by atoms with E-state index < -0.39 is 17.3 Å². The lowest BCUT2D eigenvalue weighted by Crippen LogP contribution is -2.47. The van der Waals surface area contributed by atoms with Crippen LogP contribution in [0.2, 0.25) is 0 Å². The molecule has 1 aromatic heterocycles. The molecule has 7 heteroatoms. The Bertz CT molecular complexity index is 1360. The molecule has 1 aliphatic rings. The van der Waals surface area contributed by atoms with E-state index in [2.05, 4.69) is 53.7 Å². The van der Waals surface area contributed by atoms with Gasteiger partial charge in [-0.1, -0.05) is 52.0 Å². The molecule has 3 rings (SSSR count). The molecule has 0 bridgehead atoms. The third-order valence-corrected chi connectivity index (χ3v) is 7.74. The van der Waals surface area contributed by atoms with Crippen LogP contribution in [-0.2, 0) is 10.2 Å². The van der Waals surface area contributed by atoms with E-state index in [4.69, 9.17) is 4.99 Å². The van der Waals surface area contributed by atoms with Gasteiger partial charge in [0.1, 0.15) is 5.78 Å². The number of pyridine rings is 1. The van der Waals surface area contributed by atoms with Gasteiger partial charge in [0.2, 0.25) is 11.9 Å². The predicted molar refractivity (Wildman–Crippen MR) is 166 cm³/mol. The quantitative estimate of drug-likeness (QED) is 0.165. The number of nitrogens with one attached hydrogen (secondary N) is 2. The third kappa shape index (κ3) is 7.64. The second-order valence-electron chi connectivity index (χ2n) is 11.0. The van der Waals surface area contributed by atoms with Crippen LogP contribution in [0.4, 0.5) is 14.5 Å². The van der Waals surface area contributed by atoms with E-state index >= 15 is 0 Å². The monoisotopic (exact) mass is 562 g/mol. The van der Waals surface area contributed by atoms with Crippen LogP contribution in [0, 0.1) is 24.7 Å². The van der Waals surface area contributed by atoms with Gasteiger partial charge in [-0.05, 0) is 106 Å². The Morgan fingerprint density at radius 1 is 1.12 bits per heavy atom. The van der Waals surface area contributed by atoms with Crippen molar-refractivity contribution >= 4 is 23.3 Å². The van der Waals surface area contributed by atoms with E-state index in [1.807, 2.05) is 46.9 Å². The maximum atomic E-state index is 14.2. The molecule has 0 saturated carbocycles. The highest BCUT2D eigenvalue weighted by molar-refractivity contribution is 5.92. The molecule has 0 amide bonds. The van der Waals surface area contributed by atoms with Gasteiger partial charge in [0.05, 0.1) is 16.8 Å². The minimum absolute atomic E-state index is 0.0320. The number of halogens is 2. The van der Waals surface area contributed by atoms with Crippen LogP contribution >= 0.6 is 0 Å². The fourth-order valence-corrected chi connectivity index (χ4v) is 5.49. The lowest BCUT2D eigenvalue weighted by molar-refractivity contribution is -0.128. The average molecular weight is 563 g/mol. The van der Waals surface area contributed by atoms with Crippen molar-refractivity contribution in [2.24, 2.45) is 10.9 Å². The van der Waals surface area contributed by atoms with Crippen LogP contribution in [0.3, 0.4) is 0 Å². The Morgan fingerprint density at radius 3 is 2.41 bits per heavy atom. The molecule has 0 spiro atoms. The number of piperidine rings is 1. The molecule has 2 heterocycles. The molecule has 41 heavy (non-hydrogen) atoms. The van der Waals surface area contributed by atoms with Crippen LogP contribution < -0.4 is 10.6 Å². The van der Waals surface area contributed by atoms with E-state index in [-0.39, 0.29) is 11.6 Å². The van der Waals surface area contributed by atoms with Gasteiger partial charge in [0.15, 0.2) is 0 Å². The first-order chi connectivity index (χ1) is 19.5. The summed E-state index contributed by atoms with van der Waals surface area (Å²) in [5.41, 5.74) is 6.17. The first-order valence-electron chi connectivity index (χ1n) is 14.6. The van der Waals surface area contributed by atoms with Gasteiger partial charge in [-0.3, -0.25) is 9.79 Å². The van der Waals surface area contributed by atoms with Gasteiger partial charge in [-0.25, -0.2) is 0 Å². The number of rotatable bonds is 11. The van der Waals surface area contributed by atoms with Gasteiger partial charge in [-0.15, -0.1) is 0 Å². The van der Waals surface area contributed by atoms with Crippen molar-refractivity contribution in [3.8, 4) is 0 Å². The second-order valence-corrected chi connectivity index (χ2v) is 11.0. The Labute approximate surface area is 244 Å². The minimum Gasteiger partial charge on any atom is -0.355 e. The lowest BCUT2D eigenvalue weighted by Gasteiger charge is -2.39. The molecule has 1 saturated heterocycles. The van der Waals surface area contributed by atoms with Crippen molar-refractivity contribution < 1.29 is 13.6 Å². The molecule has 1 aromatic carbocycles. The highest BCUT2D eigenvalue weighted by Crippen LogP contribution is 2.39. The van der Waals surface area contributed by atoms with Crippen LogP contribution in [-0.4, -0.2) is 30.1 Å². The maximum Gasteiger partial charge on any atom is 0.239 e. The van der Waals surface area contributed by atoms with Crippen LogP contribution in [0.1, 0.15) is 83.9 Å². The Balaban J connectivity index is 2.05. The molecular weight excluding hydrogens is 518 g/mol. The molecule has 2 aromatic rings. The van der Waals surface area contributed by atoms with Crippen molar-refractivity contribution in [2.45, 2.75) is 79.6 Å². The Hall–Kier alpha value is -3.45. The fraction of sp³-hybridized carbons (Fsp3) is 0.441.